The fraction of sp³-hybridized carbons (Fsp3) is 0.0769. The lowest BCUT2D eigenvalue weighted by Crippen LogP contribution is -2.27. The maximum absolute atomic E-state index is 11.7. The van der Waals surface area contributed by atoms with Gasteiger partial charge in [-0.05, 0) is 30.3 Å². The Kier molecular flexibility index (Phi) is 4.66. The molecule has 0 atom stereocenters. The molecule has 2 amide bonds. The summed E-state index contributed by atoms with van der Waals surface area (Å²) in [5, 5.41) is 23.4. The molecule has 0 saturated carbocycles. The predicted octanol–water partition coefficient (Wildman–Crippen LogP) is 3.13. The van der Waals surface area contributed by atoms with Gasteiger partial charge in [0.25, 0.3) is 0 Å². The molecule has 110 valence electrons. The van der Waals surface area contributed by atoms with E-state index in [9.17, 15) is 14.7 Å². The van der Waals surface area contributed by atoms with Gasteiger partial charge in [0.05, 0.1) is 10.9 Å². The molecule has 0 aliphatic rings. The van der Waals surface area contributed by atoms with E-state index in [4.69, 9.17) is 16.7 Å². The second-order valence-electron chi connectivity index (χ2n) is 4.05. The van der Waals surface area contributed by atoms with Crippen LogP contribution in [0.25, 0.3) is 0 Å². The van der Waals surface area contributed by atoms with E-state index >= 15 is 0 Å². The van der Waals surface area contributed by atoms with E-state index in [1.165, 1.54) is 29.5 Å². The maximum Gasteiger partial charge on any atom is 0.339 e. The lowest BCUT2D eigenvalue weighted by molar-refractivity contribution is 0.0693. The number of rotatable bonds is 4. The molecule has 1 aromatic carbocycles. The Morgan fingerprint density at radius 1 is 1.24 bits per heavy atom. The van der Waals surface area contributed by atoms with Crippen molar-refractivity contribution < 1.29 is 19.8 Å². The first-order valence-electron chi connectivity index (χ1n) is 5.81. The molecule has 0 unspecified atom stereocenters. The van der Waals surface area contributed by atoms with Gasteiger partial charge < -0.3 is 20.8 Å². The minimum atomic E-state index is -1.27. The lowest BCUT2D eigenvalue weighted by atomic mass is 10.2. The number of carboxylic acids is 1. The van der Waals surface area contributed by atoms with Crippen molar-refractivity contribution in [2.45, 2.75) is 6.54 Å². The van der Waals surface area contributed by atoms with Gasteiger partial charge in [0.15, 0.2) is 0 Å². The minimum absolute atomic E-state index is 0.270. The van der Waals surface area contributed by atoms with Gasteiger partial charge in [0.1, 0.15) is 11.3 Å². The first-order valence-corrected chi connectivity index (χ1v) is 7.00. The largest absolute Gasteiger partial charge is 0.507 e. The van der Waals surface area contributed by atoms with Crippen LogP contribution < -0.4 is 10.6 Å². The van der Waals surface area contributed by atoms with E-state index in [1.54, 1.807) is 12.1 Å². The Morgan fingerprint density at radius 2 is 2.00 bits per heavy atom. The molecule has 0 bridgehead atoms. The molecule has 2 aromatic rings. The molecule has 0 spiro atoms. The van der Waals surface area contributed by atoms with Crippen LogP contribution in [0.3, 0.4) is 0 Å². The molecule has 0 aliphatic heterocycles. The van der Waals surface area contributed by atoms with E-state index in [0.29, 0.717) is 10.9 Å². The Balaban J connectivity index is 1.96. The van der Waals surface area contributed by atoms with Crippen LogP contribution in [-0.4, -0.2) is 22.2 Å². The zero-order valence-corrected chi connectivity index (χ0v) is 12.2. The summed E-state index contributed by atoms with van der Waals surface area (Å²) in [5.41, 5.74) is -0.00949. The molecule has 0 fully saturated rings. The van der Waals surface area contributed by atoms with E-state index in [1.807, 2.05) is 0 Å². The summed E-state index contributed by atoms with van der Waals surface area (Å²) in [6.07, 6.45) is 0. The Bertz CT molecular complexity index is 687. The van der Waals surface area contributed by atoms with Crippen LogP contribution in [0.1, 0.15) is 15.2 Å². The third-order valence-corrected chi connectivity index (χ3v) is 3.77. The summed E-state index contributed by atoms with van der Waals surface area (Å²) in [6.45, 7) is 0.313. The number of thiophene rings is 1. The van der Waals surface area contributed by atoms with Gasteiger partial charge in [0.2, 0.25) is 0 Å². The summed E-state index contributed by atoms with van der Waals surface area (Å²) in [6, 6.07) is 6.85. The molecule has 21 heavy (non-hydrogen) atoms. The molecule has 2 rings (SSSR count). The number of anilines is 1. The van der Waals surface area contributed by atoms with Gasteiger partial charge in [-0.25, -0.2) is 9.59 Å². The standard InChI is InChI=1S/C13H11ClN2O4S/c14-11-4-2-8(21-11)6-15-13(20)16-7-1-3-10(17)9(5-7)12(18)19/h1-5,17H,6H2,(H,18,19)(H2,15,16,20). The average Bonchev–Trinajstić information content (AvgIpc) is 2.84. The molecule has 8 heteroatoms. The summed E-state index contributed by atoms with van der Waals surface area (Å²) in [7, 11) is 0. The zero-order chi connectivity index (χ0) is 15.4. The van der Waals surface area contributed by atoms with Gasteiger partial charge in [-0.1, -0.05) is 11.6 Å². The van der Waals surface area contributed by atoms with Gasteiger partial charge >= 0.3 is 12.0 Å². The Hall–Kier alpha value is -2.25. The number of benzene rings is 1. The summed E-state index contributed by atoms with van der Waals surface area (Å²) in [4.78, 5) is 23.5. The molecule has 0 radical (unpaired) electrons. The highest BCUT2D eigenvalue weighted by atomic mass is 35.5. The highest BCUT2D eigenvalue weighted by molar-refractivity contribution is 7.16. The van der Waals surface area contributed by atoms with Crippen molar-refractivity contribution in [1.82, 2.24) is 5.32 Å². The first kappa shape index (κ1) is 15.1. The van der Waals surface area contributed by atoms with Crippen molar-refractivity contribution in [2.24, 2.45) is 0 Å². The van der Waals surface area contributed by atoms with E-state index in [-0.39, 0.29) is 17.0 Å². The molecule has 1 aromatic heterocycles. The van der Waals surface area contributed by atoms with Gasteiger partial charge in [-0.3, -0.25) is 0 Å². The normalized spacial score (nSPS) is 10.1. The highest BCUT2D eigenvalue weighted by Crippen LogP contribution is 2.22. The number of nitrogens with one attached hydrogen (secondary N) is 2. The van der Waals surface area contributed by atoms with Gasteiger partial charge in [-0.15, -0.1) is 11.3 Å². The van der Waals surface area contributed by atoms with E-state index in [2.05, 4.69) is 10.6 Å². The molecule has 4 N–H and O–H groups in total. The fourth-order valence-corrected chi connectivity index (χ4v) is 2.60. The van der Waals surface area contributed by atoms with Crippen LogP contribution in [0.4, 0.5) is 10.5 Å². The molecular weight excluding hydrogens is 316 g/mol. The van der Waals surface area contributed by atoms with E-state index < -0.39 is 12.0 Å². The topological polar surface area (TPSA) is 98.7 Å². The van der Waals surface area contributed by atoms with Crippen LogP contribution in [0, 0.1) is 0 Å². The second kappa shape index (κ2) is 6.47. The second-order valence-corrected chi connectivity index (χ2v) is 5.85. The summed E-state index contributed by atoms with van der Waals surface area (Å²) in [5.74, 6) is -1.63. The summed E-state index contributed by atoms with van der Waals surface area (Å²) >= 11 is 7.13. The number of aromatic hydroxyl groups is 1. The number of aromatic carboxylic acids is 1. The van der Waals surface area contributed by atoms with Crippen molar-refractivity contribution in [3.05, 3.63) is 45.1 Å². The van der Waals surface area contributed by atoms with Crippen LogP contribution in [0.5, 0.6) is 5.75 Å². The number of hydrogen-bond acceptors (Lipinski definition) is 4. The number of carboxylic acid groups (broad SMARTS) is 1. The average molecular weight is 327 g/mol. The number of hydrogen-bond donors (Lipinski definition) is 4. The number of urea groups is 1. The van der Waals surface area contributed by atoms with Crippen LogP contribution in [0.15, 0.2) is 30.3 Å². The number of amides is 2. The summed E-state index contributed by atoms with van der Waals surface area (Å²) < 4.78 is 0.636. The van der Waals surface area contributed by atoms with Crippen LogP contribution >= 0.6 is 22.9 Å². The van der Waals surface area contributed by atoms with Crippen LogP contribution in [0.2, 0.25) is 4.34 Å². The minimum Gasteiger partial charge on any atom is -0.507 e. The van der Waals surface area contributed by atoms with Crippen molar-refractivity contribution in [3.63, 3.8) is 0 Å². The predicted molar refractivity (Wildman–Crippen MR) is 80.3 cm³/mol. The quantitative estimate of drug-likeness (QED) is 0.649. The SMILES string of the molecule is O=C(NCc1ccc(Cl)s1)Nc1ccc(O)c(C(=O)O)c1. The highest BCUT2D eigenvalue weighted by Gasteiger charge is 2.11. The third-order valence-electron chi connectivity index (χ3n) is 2.54. The number of carbonyl (C=O) groups excluding carboxylic acids is 1. The molecule has 0 aliphatic carbocycles. The van der Waals surface area contributed by atoms with Crippen molar-refractivity contribution in [2.75, 3.05) is 5.32 Å². The molecule has 1 heterocycles. The molecule has 6 nitrogen and oxygen atoms in total. The van der Waals surface area contributed by atoms with Crippen molar-refractivity contribution in [3.8, 4) is 5.75 Å². The number of phenols is 1. The zero-order valence-electron chi connectivity index (χ0n) is 10.6. The van der Waals surface area contributed by atoms with Gasteiger partial charge in [-0.2, -0.15) is 0 Å². The van der Waals surface area contributed by atoms with Crippen molar-refractivity contribution >= 4 is 40.6 Å². The molecular formula is C13H11ClN2O4S. The maximum atomic E-state index is 11.7. The number of carbonyl (C=O) groups is 2. The monoisotopic (exact) mass is 326 g/mol. The Morgan fingerprint density at radius 3 is 2.62 bits per heavy atom. The smallest absolute Gasteiger partial charge is 0.339 e. The van der Waals surface area contributed by atoms with Gasteiger partial charge in [0, 0.05) is 10.6 Å². The number of halogens is 1. The fourth-order valence-electron chi connectivity index (χ4n) is 1.57. The molecule has 0 saturated heterocycles. The van der Waals surface area contributed by atoms with Crippen LogP contribution in [-0.2, 0) is 6.54 Å². The third kappa shape index (κ3) is 4.11. The lowest BCUT2D eigenvalue weighted by Gasteiger charge is -2.08. The Labute approximate surface area is 129 Å². The van der Waals surface area contributed by atoms with Crippen molar-refractivity contribution in [1.29, 1.82) is 0 Å². The first-order chi connectivity index (χ1) is 9.95. The van der Waals surface area contributed by atoms with E-state index in [0.717, 1.165) is 4.88 Å².